The molecule has 0 unspecified atom stereocenters. The fraction of sp³-hybridized carbons (Fsp3) is 0.176. The molecule has 3 N–H and O–H groups in total. The first-order valence-electron chi connectivity index (χ1n) is 7.07. The number of nitrogens with one attached hydrogen (secondary N) is 2. The van der Waals surface area contributed by atoms with Gasteiger partial charge in [-0.3, -0.25) is 9.78 Å². The lowest BCUT2D eigenvalue weighted by Crippen LogP contribution is -2.15. The van der Waals surface area contributed by atoms with Crippen molar-refractivity contribution in [2.24, 2.45) is 0 Å². The summed E-state index contributed by atoms with van der Waals surface area (Å²) in [5.41, 5.74) is 4.35. The molecule has 0 aliphatic carbocycles. The number of rotatable bonds is 4. The first kappa shape index (κ1) is 14.3. The van der Waals surface area contributed by atoms with Crippen LogP contribution in [0, 0.1) is 6.92 Å². The van der Waals surface area contributed by atoms with Crippen LogP contribution < -0.4 is 5.32 Å². The van der Waals surface area contributed by atoms with Crippen LogP contribution in [-0.2, 0) is 17.8 Å². The molecule has 2 aromatic heterocycles. The van der Waals surface area contributed by atoms with E-state index in [1.54, 1.807) is 18.5 Å². The fourth-order valence-electron chi connectivity index (χ4n) is 2.49. The normalized spacial score (nSPS) is 10.8. The number of fused-ring (bicyclic) bond motifs is 1. The molecule has 3 aromatic rings. The van der Waals surface area contributed by atoms with E-state index >= 15 is 0 Å². The molecule has 5 nitrogen and oxygen atoms in total. The summed E-state index contributed by atoms with van der Waals surface area (Å²) in [7, 11) is 0. The number of nitrogens with zero attached hydrogens (tertiary/aromatic N) is 1. The number of aromatic nitrogens is 2. The third-order valence-electron chi connectivity index (χ3n) is 3.63. The molecule has 3 rings (SSSR count). The van der Waals surface area contributed by atoms with Gasteiger partial charge in [0.1, 0.15) is 0 Å². The van der Waals surface area contributed by atoms with Crippen molar-refractivity contribution >= 4 is 22.5 Å². The zero-order valence-electron chi connectivity index (χ0n) is 12.3. The van der Waals surface area contributed by atoms with Crippen LogP contribution in [0.4, 0.5) is 5.69 Å². The van der Waals surface area contributed by atoms with Gasteiger partial charge in [-0.1, -0.05) is 12.1 Å². The Morgan fingerprint density at radius 3 is 3.00 bits per heavy atom. The number of amides is 1. The van der Waals surface area contributed by atoms with Crippen molar-refractivity contribution in [1.29, 1.82) is 0 Å². The van der Waals surface area contributed by atoms with E-state index < -0.39 is 0 Å². The lowest BCUT2D eigenvalue weighted by molar-refractivity contribution is -0.115. The van der Waals surface area contributed by atoms with Gasteiger partial charge in [0, 0.05) is 28.9 Å². The van der Waals surface area contributed by atoms with Crippen molar-refractivity contribution in [2.75, 3.05) is 5.32 Å². The standard InChI is InChI=1S/C17H17N3O2/c1-11-2-3-14-13(8-19-15(14)6-11)7-17(22)20-16-9-18-5-4-12(16)10-21/h2-6,8-9,19,21H,7,10H2,1H3,(H,20,22). The molecular formula is C17H17N3O2. The van der Waals surface area contributed by atoms with E-state index in [9.17, 15) is 9.90 Å². The van der Waals surface area contributed by atoms with Gasteiger partial charge in [0.2, 0.25) is 5.91 Å². The third kappa shape index (κ3) is 2.84. The number of carbonyl (C=O) groups excluding carboxylic acids is 1. The van der Waals surface area contributed by atoms with Gasteiger partial charge in [-0.05, 0) is 30.2 Å². The average Bonchev–Trinajstić information content (AvgIpc) is 2.89. The van der Waals surface area contributed by atoms with E-state index in [4.69, 9.17) is 0 Å². The topological polar surface area (TPSA) is 78.0 Å². The van der Waals surface area contributed by atoms with E-state index in [1.165, 1.54) is 5.56 Å². The number of aryl methyl sites for hydroxylation is 1. The molecule has 1 aromatic carbocycles. The summed E-state index contributed by atoms with van der Waals surface area (Å²) in [6, 6.07) is 7.79. The molecule has 1 amide bonds. The van der Waals surface area contributed by atoms with Gasteiger partial charge in [0.25, 0.3) is 0 Å². The minimum absolute atomic E-state index is 0.134. The molecule has 22 heavy (non-hydrogen) atoms. The largest absolute Gasteiger partial charge is 0.392 e. The molecule has 0 bridgehead atoms. The zero-order valence-corrected chi connectivity index (χ0v) is 12.3. The van der Waals surface area contributed by atoms with Crippen LogP contribution in [-0.4, -0.2) is 21.0 Å². The number of benzene rings is 1. The smallest absolute Gasteiger partial charge is 0.228 e. The summed E-state index contributed by atoms with van der Waals surface area (Å²) < 4.78 is 0. The van der Waals surface area contributed by atoms with Gasteiger partial charge >= 0.3 is 0 Å². The maximum absolute atomic E-state index is 12.2. The van der Waals surface area contributed by atoms with Gasteiger partial charge in [-0.15, -0.1) is 0 Å². The highest BCUT2D eigenvalue weighted by molar-refractivity contribution is 5.96. The molecule has 2 heterocycles. The second kappa shape index (κ2) is 5.99. The number of aliphatic hydroxyl groups is 1. The van der Waals surface area contributed by atoms with Crippen LogP contribution in [0.25, 0.3) is 10.9 Å². The fourth-order valence-corrected chi connectivity index (χ4v) is 2.49. The molecule has 0 radical (unpaired) electrons. The van der Waals surface area contributed by atoms with E-state index in [2.05, 4.69) is 21.4 Å². The van der Waals surface area contributed by atoms with Crippen LogP contribution in [0.5, 0.6) is 0 Å². The molecular weight excluding hydrogens is 278 g/mol. The number of H-pyrrole nitrogens is 1. The van der Waals surface area contributed by atoms with Crippen LogP contribution in [0.2, 0.25) is 0 Å². The Morgan fingerprint density at radius 2 is 2.18 bits per heavy atom. The summed E-state index contributed by atoms with van der Waals surface area (Å²) >= 11 is 0. The molecule has 0 saturated carbocycles. The number of hydrogen-bond acceptors (Lipinski definition) is 3. The first-order chi connectivity index (χ1) is 10.7. The lowest BCUT2D eigenvalue weighted by atomic mass is 10.1. The van der Waals surface area contributed by atoms with Crippen molar-refractivity contribution in [3.05, 3.63) is 59.5 Å². The number of hydrogen-bond donors (Lipinski definition) is 3. The van der Waals surface area contributed by atoms with Crippen molar-refractivity contribution < 1.29 is 9.90 Å². The van der Waals surface area contributed by atoms with Crippen LogP contribution in [0.1, 0.15) is 16.7 Å². The molecule has 0 aliphatic rings. The van der Waals surface area contributed by atoms with Gasteiger partial charge < -0.3 is 15.4 Å². The lowest BCUT2D eigenvalue weighted by Gasteiger charge is -2.08. The second-order valence-electron chi connectivity index (χ2n) is 5.28. The summed E-state index contributed by atoms with van der Waals surface area (Å²) in [6.45, 7) is 1.90. The predicted molar refractivity (Wildman–Crippen MR) is 85.5 cm³/mol. The molecule has 112 valence electrons. The quantitative estimate of drug-likeness (QED) is 0.692. The Hall–Kier alpha value is -2.66. The van der Waals surface area contributed by atoms with Gasteiger partial charge in [-0.2, -0.15) is 0 Å². The molecule has 0 fully saturated rings. The summed E-state index contributed by atoms with van der Waals surface area (Å²) in [6.07, 6.45) is 5.26. The summed E-state index contributed by atoms with van der Waals surface area (Å²) in [5, 5.41) is 13.1. The molecule has 0 aliphatic heterocycles. The maximum atomic E-state index is 12.2. The zero-order chi connectivity index (χ0) is 15.5. The van der Waals surface area contributed by atoms with Gasteiger partial charge in [-0.25, -0.2) is 0 Å². The number of anilines is 1. The first-order valence-corrected chi connectivity index (χ1v) is 7.07. The summed E-state index contributed by atoms with van der Waals surface area (Å²) in [4.78, 5) is 19.4. The average molecular weight is 295 g/mol. The Labute approximate surface area is 128 Å². The minimum Gasteiger partial charge on any atom is -0.392 e. The van der Waals surface area contributed by atoms with Crippen molar-refractivity contribution in [3.8, 4) is 0 Å². The number of carbonyl (C=O) groups is 1. The number of aliphatic hydroxyl groups excluding tert-OH is 1. The Bertz CT molecular complexity index is 824. The van der Waals surface area contributed by atoms with Crippen LogP contribution >= 0.6 is 0 Å². The monoisotopic (exact) mass is 295 g/mol. The molecule has 0 saturated heterocycles. The summed E-state index contributed by atoms with van der Waals surface area (Å²) in [5.74, 6) is -0.135. The number of pyridine rings is 1. The Morgan fingerprint density at radius 1 is 1.32 bits per heavy atom. The van der Waals surface area contributed by atoms with Crippen LogP contribution in [0.3, 0.4) is 0 Å². The highest BCUT2D eigenvalue weighted by Gasteiger charge is 2.11. The highest BCUT2D eigenvalue weighted by Crippen LogP contribution is 2.21. The van der Waals surface area contributed by atoms with Gasteiger partial charge in [0.05, 0.1) is 24.9 Å². The molecule has 0 spiro atoms. The Kier molecular flexibility index (Phi) is 3.89. The predicted octanol–water partition coefficient (Wildman–Crippen LogP) is 2.54. The van der Waals surface area contributed by atoms with E-state index in [-0.39, 0.29) is 18.9 Å². The van der Waals surface area contributed by atoms with Gasteiger partial charge in [0.15, 0.2) is 0 Å². The third-order valence-corrected chi connectivity index (χ3v) is 3.63. The van der Waals surface area contributed by atoms with Crippen molar-refractivity contribution in [1.82, 2.24) is 9.97 Å². The van der Waals surface area contributed by atoms with Crippen molar-refractivity contribution in [3.63, 3.8) is 0 Å². The minimum atomic E-state index is -0.135. The van der Waals surface area contributed by atoms with E-state index in [0.717, 1.165) is 16.5 Å². The maximum Gasteiger partial charge on any atom is 0.228 e. The second-order valence-corrected chi connectivity index (χ2v) is 5.28. The molecule has 5 heteroatoms. The number of aromatic amines is 1. The van der Waals surface area contributed by atoms with Crippen LogP contribution in [0.15, 0.2) is 42.9 Å². The van der Waals surface area contributed by atoms with E-state index in [0.29, 0.717) is 11.3 Å². The molecule has 0 atom stereocenters. The SMILES string of the molecule is Cc1ccc2c(CC(=O)Nc3cnccc3CO)c[nH]c2c1. The Balaban J connectivity index is 1.78. The van der Waals surface area contributed by atoms with Crippen molar-refractivity contribution in [2.45, 2.75) is 20.0 Å². The van der Waals surface area contributed by atoms with E-state index in [1.807, 2.05) is 25.3 Å². The highest BCUT2D eigenvalue weighted by atomic mass is 16.3.